The van der Waals surface area contributed by atoms with Gasteiger partial charge in [-0.25, -0.2) is 35.2 Å². The number of aromatic nitrogens is 2. The van der Waals surface area contributed by atoms with Crippen LogP contribution in [0, 0.1) is 13.8 Å². The van der Waals surface area contributed by atoms with Crippen molar-refractivity contribution in [2.24, 2.45) is 20.5 Å². The number of anilines is 6. The SMILES string of the molecule is C=CS(=O)(=O)CCNc1nc(NCCOS(=O)(=O)O)c(/N=N/c2ccc(-c3ccc(/N=N/c4c(NCCOS(=O)(=O)O)nc(NCCS(=O)(=O)C=C)c(N)c4C)cc3S(=O)(=O)O)c(S(=O)(=O)O)c2)c(C)c1N. The maximum Gasteiger partial charge on any atom is 0.397 e. The summed E-state index contributed by atoms with van der Waals surface area (Å²) in [6.45, 7) is 7.07. The largest absolute Gasteiger partial charge is 0.397 e. The highest BCUT2D eigenvalue weighted by atomic mass is 32.3. The summed E-state index contributed by atoms with van der Waals surface area (Å²) in [5.74, 6) is -1.22. The second kappa shape index (κ2) is 23.5. The Morgan fingerprint density at radius 2 is 0.875 bits per heavy atom. The third kappa shape index (κ3) is 16.9. The average molecular weight is 1130 g/mol. The van der Waals surface area contributed by atoms with E-state index in [9.17, 15) is 59.6 Å². The van der Waals surface area contributed by atoms with Crippen molar-refractivity contribution in [3.8, 4) is 11.1 Å². The first-order chi connectivity index (χ1) is 33.3. The molecule has 4 aromatic rings. The summed E-state index contributed by atoms with van der Waals surface area (Å²) in [5.41, 5.74) is 10.9. The monoisotopic (exact) mass is 1130 g/mol. The number of hydrogen-bond acceptors (Lipinski definition) is 26. The molecule has 4 rings (SSSR count). The van der Waals surface area contributed by atoms with Crippen LogP contribution in [0.15, 0.2) is 90.6 Å². The molecule has 2 heterocycles. The van der Waals surface area contributed by atoms with Gasteiger partial charge in [0.2, 0.25) is 0 Å². The van der Waals surface area contributed by atoms with E-state index in [-0.39, 0.29) is 94.7 Å². The predicted octanol–water partition coefficient (Wildman–Crippen LogP) is 3.65. The van der Waals surface area contributed by atoms with Gasteiger partial charge in [-0.1, -0.05) is 25.3 Å². The molecule has 0 atom stereocenters. The van der Waals surface area contributed by atoms with Crippen LogP contribution in [0.25, 0.3) is 11.1 Å². The van der Waals surface area contributed by atoms with E-state index in [1.54, 1.807) is 0 Å². The molecular weight excluding hydrogens is 1080 g/mol. The molecule has 30 nitrogen and oxygen atoms in total. The molecule has 0 aliphatic carbocycles. The van der Waals surface area contributed by atoms with E-state index in [4.69, 9.17) is 20.6 Å². The zero-order chi connectivity index (χ0) is 54.0. The van der Waals surface area contributed by atoms with Crippen LogP contribution in [0.2, 0.25) is 0 Å². The number of nitrogen functional groups attached to an aromatic ring is 2. The van der Waals surface area contributed by atoms with Crippen molar-refractivity contribution in [1.82, 2.24) is 9.97 Å². The Hall–Kier alpha value is -6.32. The van der Waals surface area contributed by atoms with E-state index < -0.39 is 106 Å². The van der Waals surface area contributed by atoms with Crippen LogP contribution in [0.1, 0.15) is 11.1 Å². The topological polar surface area (TPSA) is 480 Å². The van der Waals surface area contributed by atoms with Crippen molar-refractivity contribution < 1.29 is 77.1 Å². The highest BCUT2D eigenvalue weighted by molar-refractivity contribution is 7.94. The Morgan fingerprint density at radius 3 is 1.18 bits per heavy atom. The Labute approximate surface area is 413 Å². The van der Waals surface area contributed by atoms with Gasteiger partial charge in [-0.05, 0) is 38.1 Å². The molecule has 0 saturated heterocycles. The van der Waals surface area contributed by atoms with Gasteiger partial charge in [-0.15, -0.1) is 10.2 Å². The summed E-state index contributed by atoms with van der Waals surface area (Å²) in [4.78, 5) is 6.68. The van der Waals surface area contributed by atoms with Crippen molar-refractivity contribution in [1.29, 1.82) is 0 Å². The normalized spacial score (nSPS) is 12.8. The number of pyridine rings is 2. The average Bonchev–Trinajstić information content (AvgIpc) is 3.27. The molecule has 36 heteroatoms. The van der Waals surface area contributed by atoms with Crippen LogP contribution in [0.5, 0.6) is 0 Å². The predicted molar refractivity (Wildman–Crippen MR) is 264 cm³/mol. The zero-order valence-corrected chi connectivity index (χ0v) is 42.4. The molecule has 0 radical (unpaired) electrons. The smallest absolute Gasteiger partial charge is 0.395 e. The van der Waals surface area contributed by atoms with Gasteiger partial charge in [0.25, 0.3) is 20.2 Å². The summed E-state index contributed by atoms with van der Waals surface area (Å²) in [6.07, 6.45) is 0. The lowest BCUT2D eigenvalue weighted by Crippen LogP contribution is -2.17. The Kier molecular flexibility index (Phi) is 19.0. The lowest BCUT2D eigenvalue weighted by Gasteiger charge is -2.16. The molecule has 0 saturated carbocycles. The molecule has 2 aromatic carbocycles. The first kappa shape index (κ1) is 58.3. The number of azo groups is 2. The van der Waals surface area contributed by atoms with Crippen LogP contribution in [-0.4, -0.2) is 130 Å². The van der Waals surface area contributed by atoms with Gasteiger partial charge in [-0.2, -0.15) is 43.9 Å². The van der Waals surface area contributed by atoms with Gasteiger partial charge in [0.05, 0.1) is 47.5 Å². The first-order valence-corrected chi connectivity index (χ1v) is 28.9. The number of hydrogen-bond donors (Lipinski definition) is 10. The molecule has 0 unspecified atom stereocenters. The summed E-state index contributed by atoms with van der Waals surface area (Å²) < 4.78 is 191. The van der Waals surface area contributed by atoms with E-state index in [2.05, 4.69) is 73.2 Å². The van der Waals surface area contributed by atoms with Crippen molar-refractivity contribution in [3.63, 3.8) is 0 Å². The Bertz CT molecular complexity index is 3270. The third-order valence-electron chi connectivity index (χ3n) is 9.35. The second-order valence-electron chi connectivity index (χ2n) is 14.4. The molecular formula is C36H46N12O18S6. The van der Waals surface area contributed by atoms with Gasteiger partial charge < -0.3 is 32.7 Å². The van der Waals surface area contributed by atoms with Crippen molar-refractivity contribution >= 4 is 118 Å². The van der Waals surface area contributed by atoms with Crippen molar-refractivity contribution in [2.45, 2.75) is 23.6 Å². The molecule has 394 valence electrons. The number of sulfone groups is 2. The van der Waals surface area contributed by atoms with Crippen LogP contribution in [0.3, 0.4) is 0 Å². The van der Waals surface area contributed by atoms with E-state index in [0.717, 1.165) is 47.2 Å². The fourth-order valence-corrected chi connectivity index (χ4v) is 8.98. The quantitative estimate of drug-likeness (QED) is 0.0231. The summed E-state index contributed by atoms with van der Waals surface area (Å²) in [6, 6.07) is 5.88. The van der Waals surface area contributed by atoms with Crippen LogP contribution in [-0.2, 0) is 69.1 Å². The van der Waals surface area contributed by atoms with Crippen LogP contribution in [0.4, 0.5) is 57.4 Å². The van der Waals surface area contributed by atoms with Crippen molar-refractivity contribution in [3.05, 3.63) is 71.5 Å². The van der Waals surface area contributed by atoms with E-state index in [0.29, 0.717) is 0 Å². The highest BCUT2D eigenvalue weighted by Crippen LogP contribution is 2.41. The molecule has 0 aliphatic heterocycles. The highest BCUT2D eigenvalue weighted by Gasteiger charge is 2.25. The molecule has 2 aromatic heterocycles. The summed E-state index contributed by atoms with van der Waals surface area (Å²) in [5, 5.41) is 28.7. The lowest BCUT2D eigenvalue weighted by molar-refractivity contribution is 0.277. The second-order valence-corrected chi connectivity index (χ2v) is 23.5. The van der Waals surface area contributed by atoms with Gasteiger partial charge >= 0.3 is 20.8 Å². The number of benzene rings is 2. The molecule has 0 bridgehead atoms. The summed E-state index contributed by atoms with van der Waals surface area (Å²) in [7, 11) is -27.5. The van der Waals surface area contributed by atoms with E-state index in [1.807, 2.05) is 0 Å². The minimum atomic E-state index is -5.26. The van der Waals surface area contributed by atoms with E-state index >= 15 is 0 Å². The fraction of sp³-hybridized carbons (Fsp3) is 0.278. The fourth-order valence-electron chi connectivity index (χ4n) is 5.83. The minimum Gasteiger partial charge on any atom is -0.395 e. The lowest BCUT2D eigenvalue weighted by atomic mass is 10.0. The number of nitrogens with zero attached hydrogens (tertiary/aromatic N) is 6. The Balaban J connectivity index is 1.78. The summed E-state index contributed by atoms with van der Waals surface area (Å²) >= 11 is 0. The van der Waals surface area contributed by atoms with E-state index in [1.165, 1.54) is 13.8 Å². The molecule has 0 fully saturated rings. The molecule has 0 amide bonds. The molecule has 0 spiro atoms. The van der Waals surface area contributed by atoms with Gasteiger partial charge in [0, 0.05) is 59.2 Å². The molecule has 12 N–H and O–H groups in total. The number of nitrogens with two attached hydrogens (primary N) is 2. The van der Waals surface area contributed by atoms with Gasteiger partial charge in [0.1, 0.15) is 21.2 Å². The molecule has 72 heavy (non-hydrogen) atoms. The van der Waals surface area contributed by atoms with Crippen LogP contribution >= 0.6 is 0 Å². The number of nitrogens with one attached hydrogen (secondary N) is 4. The maximum atomic E-state index is 12.9. The standard InChI is InChI=1S/C36H46N12O18S6/c1-5-67(49,50)17-13-41-33-29(37)21(3)31(35(43-33)39-11-15-65-71(59,60)61)47-45-23-7-9-25(27(19-23)69(53,54)55)26-10-8-24(20-28(26)70(56,57)58)46-48-32-22(4)30(38)34(42-14-18-68(51,52)6-2)44-36(32)40-12-16-66-72(62,63)64/h5-10,19-20H,1-2,11-18,37-38H2,3-4H3,(H2,39,41,43)(H2,40,42,44)(H,53,54,55)(H,56,57,58)(H,59,60,61)(H,62,63,64)/b47-45+,48-46+. The van der Waals surface area contributed by atoms with Gasteiger partial charge in [0.15, 0.2) is 42.9 Å². The third-order valence-corrected chi connectivity index (χ3v) is 14.6. The van der Waals surface area contributed by atoms with Crippen molar-refractivity contribution in [2.75, 3.05) is 83.6 Å². The zero-order valence-electron chi connectivity index (χ0n) is 37.5. The van der Waals surface area contributed by atoms with Crippen LogP contribution < -0.4 is 32.7 Å². The minimum absolute atomic E-state index is 0.0513. The first-order valence-electron chi connectivity index (χ1n) is 19.8. The number of rotatable bonds is 27. The maximum absolute atomic E-state index is 12.9. The Morgan fingerprint density at radius 1 is 0.542 bits per heavy atom. The van der Waals surface area contributed by atoms with Gasteiger partial charge in [-0.3, -0.25) is 18.2 Å². The molecule has 0 aliphatic rings.